The van der Waals surface area contributed by atoms with Crippen molar-refractivity contribution in [3.8, 4) is 0 Å². The fraction of sp³-hybridized carbons (Fsp3) is 1.00. The first-order chi connectivity index (χ1) is 21.9. The van der Waals surface area contributed by atoms with E-state index in [2.05, 4.69) is 6.92 Å². The van der Waals surface area contributed by atoms with Crippen LogP contribution < -0.4 is 0 Å². The molecule has 0 heterocycles. The van der Waals surface area contributed by atoms with Crippen LogP contribution >= 0.6 is 11.6 Å². The molecule has 0 aliphatic carbocycles. The normalized spacial score (nSPS) is 11.6. The summed E-state index contributed by atoms with van der Waals surface area (Å²) in [7, 11) is 0. The highest BCUT2D eigenvalue weighted by Gasteiger charge is 1.97. The first-order valence-electron chi connectivity index (χ1n) is 17.7. The van der Waals surface area contributed by atoms with E-state index >= 15 is 0 Å². The van der Waals surface area contributed by atoms with Gasteiger partial charge in [-0.25, -0.2) is 0 Å². The van der Waals surface area contributed by atoms with Gasteiger partial charge in [0.05, 0.1) is 106 Å². The lowest BCUT2D eigenvalue weighted by molar-refractivity contribution is -0.0250. The maximum atomic E-state index is 5.66. The Bertz CT molecular complexity index is 450. The molecule has 44 heavy (non-hydrogen) atoms. The lowest BCUT2D eigenvalue weighted by atomic mass is 10.1. The van der Waals surface area contributed by atoms with Crippen LogP contribution in [0, 0.1) is 0 Å². The third-order valence-electron chi connectivity index (χ3n) is 6.79. The Morgan fingerprint density at radius 1 is 0.250 bits per heavy atom. The molecule has 0 aliphatic rings. The molecular weight excluding hydrogens is 588 g/mol. The van der Waals surface area contributed by atoms with E-state index in [1.165, 1.54) is 70.6 Å². The van der Waals surface area contributed by atoms with E-state index in [-0.39, 0.29) is 0 Å². The molecular formula is C34H69ClO9. The van der Waals surface area contributed by atoms with Gasteiger partial charge >= 0.3 is 0 Å². The molecule has 0 aromatic carbocycles. The zero-order valence-corrected chi connectivity index (χ0v) is 29.1. The molecule has 10 heteroatoms. The van der Waals surface area contributed by atoms with Gasteiger partial charge in [-0.15, -0.1) is 11.6 Å². The number of unbranched alkanes of at least 4 members (excludes halogenated alkanes) is 12. The zero-order valence-electron chi connectivity index (χ0n) is 28.4. The van der Waals surface area contributed by atoms with Gasteiger partial charge in [0, 0.05) is 19.1 Å². The first-order valence-corrected chi connectivity index (χ1v) is 18.2. The Balaban J connectivity index is 3.03. The van der Waals surface area contributed by atoms with Gasteiger partial charge in [0.1, 0.15) is 0 Å². The summed E-state index contributed by atoms with van der Waals surface area (Å²) in [6.07, 6.45) is 18.0. The molecule has 0 unspecified atom stereocenters. The zero-order chi connectivity index (χ0) is 31.7. The summed E-state index contributed by atoms with van der Waals surface area (Å²) in [5, 5.41) is 0. The van der Waals surface area contributed by atoms with E-state index in [0.717, 1.165) is 38.4 Å². The van der Waals surface area contributed by atoms with E-state index < -0.39 is 0 Å². The number of hydrogen-bond donors (Lipinski definition) is 0. The summed E-state index contributed by atoms with van der Waals surface area (Å²) in [5.74, 6) is 0.749. The van der Waals surface area contributed by atoms with Gasteiger partial charge in [0.15, 0.2) is 0 Å². The standard InChI is InChI=1S/C34H69ClO9/c1-2-3-4-5-6-7-8-9-11-14-17-36-19-21-38-23-25-40-27-29-42-31-33-44-34-32-43-30-28-41-26-24-39-22-20-37-18-15-12-10-13-16-35/h2-34H2,1H3. The van der Waals surface area contributed by atoms with Crippen molar-refractivity contribution in [2.75, 3.05) is 125 Å². The predicted octanol–water partition coefficient (Wildman–Crippen LogP) is 6.86. The molecule has 0 rings (SSSR count). The van der Waals surface area contributed by atoms with Crippen LogP contribution in [0.5, 0.6) is 0 Å². The van der Waals surface area contributed by atoms with E-state index in [4.69, 9.17) is 54.2 Å². The fourth-order valence-corrected chi connectivity index (χ4v) is 4.39. The van der Waals surface area contributed by atoms with Gasteiger partial charge < -0.3 is 42.6 Å². The van der Waals surface area contributed by atoms with Gasteiger partial charge in [-0.1, -0.05) is 77.6 Å². The number of alkyl halides is 1. The van der Waals surface area contributed by atoms with Crippen LogP contribution in [0.1, 0.15) is 96.8 Å². The Morgan fingerprint density at radius 3 is 0.705 bits per heavy atom. The van der Waals surface area contributed by atoms with Gasteiger partial charge in [0.2, 0.25) is 0 Å². The van der Waals surface area contributed by atoms with Gasteiger partial charge in [-0.05, 0) is 19.3 Å². The molecule has 0 aromatic rings. The molecule has 0 amide bonds. The van der Waals surface area contributed by atoms with Crippen molar-refractivity contribution in [1.29, 1.82) is 0 Å². The second kappa shape index (κ2) is 42.9. The molecule has 0 bridgehead atoms. The van der Waals surface area contributed by atoms with E-state index in [1.54, 1.807) is 0 Å². The summed E-state index contributed by atoms with van der Waals surface area (Å²) >= 11 is 5.66. The third kappa shape index (κ3) is 41.9. The van der Waals surface area contributed by atoms with Gasteiger partial charge in [0.25, 0.3) is 0 Å². The molecule has 0 fully saturated rings. The maximum absolute atomic E-state index is 5.66. The van der Waals surface area contributed by atoms with Gasteiger partial charge in [-0.3, -0.25) is 0 Å². The highest BCUT2D eigenvalue weighted by Crippen LogP contribution is 2.10. The minimum Gasteiger partial charge on any atom is -0.379 e. The SMILES string of the molecule is CCCCCCCCCCCCOCCOCCOCCOCCOCCOCCOCCOCCOCCCCCCCl. The van der Waals surface area contributed by atoms with Crippen LogP contribution in [0.15, 0.2) is 0 Å². The van der Waals surface area contributed by atoms with Crippen molar-refractivity contribution >= 4 is 11.6 Å². The van der Waals surface area contributed by atoms with Crippen LogP contribution in [0.25, 0.3) is 0 Å². The molecule has 0 aromatic heterocycles. The van der Waals surface area contributed by atoms with Crippen molar-refractivity contribution in [1.82, 2.24) is 0 Å². The largest absolute Gasteiger partial charge is 0.379 e. The predicted molar refractivity (Wildman–Crippen MR) is 178 cm³/mol. The summed E-state index contributed by atoms with van der Waals surface area (Å²) in [4.78, 5) is 0. The highest BCUT2D eigenvalue weighted by molar-refractivity contribution is 6.17. The monoisotopic (exact) mass is 656 g/mol. The Morgan fingerprint density at radius 2 is 0.455 bits per heavy atom. The van der Waals surface area contributed by atoms with Crippen LogP contribution in [-0.2, 0) is 42.6 Å². The molecule has 0 aliphatic heterocycles. The van der Waals surface area contributed by atoms with Crippen molar-refractivity contribution in [3.05, 3.63) is 0 Å². The van der Waals surface area contributed by atoms with Crippen molar-refractivity contribution < 1.29 is 42.6 Å². The molecule has 266 valence electrons. The van der Waals surface area contributed by atoms with E-state index in [9.17, 15) is 0 Å². The van der Waals surface area contributed by atoms with E-state index in [0.29, 0.717) is 106 Å². The minimum atomic E-state index is 0.538. The quantitative estimate of drug-likeness (QED) is 0.0518. The Kier molecular flexibility index (Phi) is 42.9. The molecule has 0 saturated heterocycles. The Labute approximate surface area is 275 Å². The smallest absolute Gasteiger partial charge is 0.0701 e. The average molecular weight is 657 g/mol. The lowest BCUT2D eigenvalue weighted by Gasteiger charge is -2.09. The molecule has 0 N–H and O–H groups in total. The van der Waals surface area contributed by atoms with Crippen LogP contribution in [0.4, 0.5) is 0 Å². The lowest BCUT2D eigenvalue weighted by Crippen LogP contribution is -2.15. The van der Waals surface area contributed by atoms with Crippen LogP contribution in [0.3, 0.4) is 0 Å². The molecule has 0 spiro atoms. The number of hydrogen-bond acceptors (Lipinski definition) is 9. The van der Waals surface area contributed by atoms with Crippen molar-refractivity contribution in [3.63, 3.8) is 0 Å². The third-order valence-corrected chi connectivity index (χ3v) is 7.06. The fourth-order valence-electron chi connectivity index (χ4n) is 4.21. The number of halogens is 1. The molecule has 0 radical (unpaired) electrons. The summed E-state index contributed by atoms with van der Waals surface area (Å²) in [6, 6.07) is 0. The number of rotatable bonds is 41. The second-order valence-electron chi connectivity index (χ2n) is 10.8. The molecule has 9 nitrogen and oxygen atoms in total. The average Bonchev–Trinajstić information content (AvgIpc) is 3.04. The highest BCUT2D eigenvalue weighted by atomic mass is 35.5. The van der Waals surface area contributed by atoms with Crippen molar-refractivity contribution in [2.24, 2.45) is 0 Å². The summed E-state index contributed by atoms with van der Waals surface area (Å²) < 4.78 is 49.7. The van der Waals surface area contributed by atoms with Crippen LogP contribution in [0.2, 0.25) is 0 Å². The van der Waals surface area contributed by atoms with Gasteiger partial charge in [-0.2, -0.15) is 0 Å². The summed E-state index contributed by atoms with van der Waals surface area (Å²) in [6.45, 7) is 13.0. The van der Waals surface area contributed by atoms with Crippen LogP contribution in [-0.4, -0.2) is 125 Å². The summed E-state index contributed by atoms with van der Waals surface area (Å²) in [5.41, 5.74) is 0. The molecule has 0 saturated carbocycles. The number of ether oxygens (including phenoxy) is 9. The maximum Gasteiger partial charge on any atom is 0.0701 e. The van der Waals surface area contributed by atoms with Crippen molar-refractivity contribution in [2.45, 2.75) is 96.8 Å². The first kappa shape index (κ1) is 43.9. The second-order valence-corrected chi connectivity index (χ2v) is 11.2. The van der Waals surface area contributed by atoms with E-state index in [1.807, 2.05) is 0 Å². The Hall–Kier alpha value is -0.0700. The minimum absolute atomic E-state index is 0.538. The topological polar surface area (TPSA) is 83.1 Å². The molecule has 0 atom stereocenters.